The molecule has 0 radical (unpaired) electrons. The average molecular weight is 412 g/mol. The number of phenols is 1. The summed E-state index contributed by atoms with van der Waals surface area (Å²) in [6, 6.07) is 4.72. The number of nitrogens with zero attached hydrogens (tertiary/aromatic N) is 3. The van der Waals surface area contributed by atoms with Gasteiger partial charge in [-0.3, -0.25) is 0 Å². The molecule has 4 aromatic rings. The fraction of sp³-hybridized carbons (Fsp3) is 0.118. The maximum atomic E-state index is 13.8. The van der Waals surface area contributed by atoms with Gasteiger partial charge in [-0.1, -0.05) is 11.6 Å². The molecule has 27 heavy (non-hydrogen) atoms. The second-order valence-corrected chi connectivity index (χ2v) is 7.06. The van der Waals surface area contributed by atoms with Gasteiger partial charge in [-0.25, -0.2) is 19.3 Å². The zero-order valence-corrected chi connectivity index (χ0v) is 15.1. The lowest BCUT2D eigenvalue weighted by atomic mass is 10.1. The normalized spacial score (nSPS) is 11.6. The van der Waals surface area contributed by atoms with Crippen LogP contribution in [-0.4, -0.2) is 26.7 Å². The van der Waals surface area contributed by atoms with Gasteiger partial charge in [-0.15, -0.1) is 11.3 Å². The molecule has 0 aliphatic rings. The number of alkyl halides is 2. The first-order valence-corrected chi connectivity index (χ1v) is 8.73. The van der Waals surface area contributed by atoms with Crippen molar-refractivity contribution in [3.8, 4) is 22.2 Å². The molecular weight excluding hydrogens is 403 g/mol. The number of hydrogen-bond acceptors (Lipinski definition) is 6. The van der Waals surface area contributed by atoms with Crippen molar-refractivity contribution in [1.82, 2.24) is 15.0 Å². The number of ether oxygens (including phenoxy) is 1. The van der Waals surface area contributed by atoms with Crippen LogP contribution in [-0.2, 0) is 0 Å². The number of fused-ring (bicyclic) bond motifs is 2. The van der Waals surface area contributed by atoms with Crippen molar-refractivity contribution in [3.63, 3.8) is 0 Å². The van der Waals surface area contributed by atoms with Crippen LogP contribution >= 0.6 is 22.9 Å². The van der Waals surface area contributed by atoms with E-state index in [1.54, 1.807) is 19.1 Å². The number of hydrogen-bond donors (Lipinski definition) is 1. The summed E-state index contributed by atoms with van der Waals surface area (Å²) in [5, 5.41) is 9.82. The minimum absolute atomic E-state index is 0.215. The van der Waals surface area contributed by atoms with Crippen molar-refractivity contribution in [2.75, 3.05) is 0 Å². The molecule has 0 spiro atoms. The van der Waals surface area contributed by atoms with Gasteiger partial charge in [0.1, 0.15) is 15.5 Å². The predicted octanol–water partition coefficient (Wildman–Crippen LogP) is 5.31. The summed E-state index contributed by atoms with van der Waals surface area (Å²) in [6.07, 6.45) is 1.10. The Morgan fingerprint density at radius 1 is 1.19 bits per heavy atom. The molecule has 1 N–H and O–H groups in total. The fourth-order valence-corrected chi connectivity index (χ4v) is 3.99. The number of benzene rings is 2. The first-order valence-electron chi connectivity index (χ1n) is 7.53. The first-order chi connectivity index (χ1) is 12.8. The van der Waals surface area contributed by atoms with E-state index in [-0.39, 0.29) is 16.4 Å². The molecule has 0 amide bonds. The van der Waals surface area contributed by atoms with Crippen LogP contribution in [0, 0.1) is 12.7 Å². The summed E-state index contributed by atoms with van der Waals surface area (Å²) in [4.78, 5) is 12.6. The predicted molar refractivity (Wildman–Crippen MR) is 96.2 cm³/mol. The van der Waals surface area contributed by atoms with Gasteiger partial charge < -0.3 is 9.84 Å². The average Bonchev–Trinajstić information content (AvgIpc) is 3.02. The van der Waals surface area contributed by atoms with Crippen LogP contribution in [0.2, 0.25) is 5.02 Å². The molecule has 0 aliphatic heterocycles. The maximum absolute atomic E-state index is 13.8. The fourth-order valence-electron chi connectivity index (χ4n) is 2.67. The first kappa shape index (κ1) is 17.7. The number of aromatic nitrogens is 3. The lowest BCUT2D eigenvalue weighted by molar-refractivity contribution is -0.0528. The molecule has 2 heterocycles. The molecule has 0 atom stereocenters. The third-order valence-electron chi connectivity index (χ3n) is 3.76. The standard InChI is InChI=1S/C17H9ClF3N3O2S/c1-6-2-7(14-8(3-6)23-11(5-22-14)26-17(20)21)16-24-15-10(27-16)4-9(25)13(19)12(15)18/h2-5,17,25H,1H3. The van der Waals surface area contributed by atoms with E-state index in [2.05, 4.69) is 19.7 Å². The van der Waals surface area contributed by atoms with Gasteiger partial charge in [-0.2, -0.15) is 8.78 Å². The lowest BCUT2D eigenvalue weighted by Crippen LogP contribution is -2.04. The molecule has 0 aliphatic carbocycles. The molecule has 0 bridgehead atoms. The van der Waals surface area contributed by atoms with Crippen LogP contribution in [0.25, 0.3) is 31.8 Å². The molecule has 0 unspecified atom stereocenters. The zero-order valence-electron chi connectivity index (χ0n) is 13.5. The van der Waals surface area contributed by atoms with Crippen LogP contribution in [0.4, 0.5) is 13.2 Å². The van der Waals surface area contributed by atoms with Crippen molar-refractivity contribution in [3.05, 3.63) is 40.8 Å². The van der Waals surface area contributed by atoms with Crippen molar-refractivity contribution in [2.24, 2.45) is 0 Å². The van der Waals surface area contributed by atoms with Gasteiger partial charge in [0.25, 0.3) is 0 Å². The summed E-state index contributed by atoms with van der Waals surface area (Å²) in [7, 11) is 0. The largest absolute Gasteiger partial charge is 0.505 e. The number of phenolic OH excluding ortho intramolecular Hbond substituents is 1. The summed E-state index contributed by atoms with van der Waals surface area (Å²) in [6.45, 7) is -1.20. The van der Waals surface area contributed by atoms with Gasteiger partial charge in [0.15, 0.2) is 11.6 Å². The minimum Gasteiger partial charge on any atom is -0.505 e. The third kappa shape index (κ3) is 3.13. The van der Waals surface area contributed by atoms with Crippen LogP contribution in [0.3, 0.4) is 0 Å². The van der Waals surface area contributed by atoms with Crippen molar-refractivity contribution >= 4 is 44.2 Å². The van der Waals surface area contributed by atoms with E-state index in [1.165, 1.54) is 17.4 Å². The minimum atomic E-state index is -3.00. The maximum Gasteiger partial charge on any atom is 0.388 e. The van der Waals surface area contributed by atoms with E-state index >= 15 is 0 Å². The topological polar surface area (TPSA) is 68.1 Å². The lowest BCUT2D eigenvalue weighted by Gasteiger charge is -2.07. The second kappa shape index (κ2) is 6.50. The molecule has 5 nitrogen and oxygen atoms in total. The molecule has 138 valence electrons. The van der Waals surface area contributed by atoms with Gasteiger partial charge in [-0.05, 0) is 24.6 Å². The highest BCUT2D eigenvalue weighted by Gasteiger charge is 2.19. The van der Waals surface area contributed by atoms with E-state index in [1.807, 2.05) is 0 Å². The van der Waals surface area contributed by atoms with E-state index in [4.69, 9.17) is 11.6 Å². The second-order valence-electron chi connectivity index (χ2n) is 5.66. The number of aromatic hydroxyl groups is 1. The molecule has 0 saturated carbocycles. The Morgan fingerprint density at radius 3 is 2.70 bits per heavy atom. The van der Waals surface area contributed by atoms with Crippen LogP contribution in [0.5, 0.6) is 11.6 Å². The molecule has 0 saturated heterocycles. The molecule has 2 aromatic carbocycles. The van der Waals surface area contributed by atoms with Crippen LogP contribution in [0.1, 0.15) is 5.56 Å². The summed E-state index contributed by atoms with van der Waals surface area (Å²) >= 11 is 7.13. The Labute approximate surface area is 159 Å². The highest BCUT2D eigenvalue weighted by atomic mass is 35.5. The van der Waals surface area contributed by atoms with Crippen LogP contribution < -0.4 is 4.74 Å². The zero-order chi connectivity index (χ0) is 19.3. The molecule has 4 rings (SSSR count). The highest BCUT2D eigenvalue weighted by molar-refractivity contribution is 7.21. The monoisotopic (exact) mass is 411 g/mol. The van der Waals surface area contributed by atoms with E-state index in [0.717, 1.165) is 11.8 Å². The number of thiazole rings is 1. The molecule has 10 heteroatoms. The molecule has 2 aromatic heterocycles. The Bertz CT molecular complexity index is 1200. The van der Waals surface area contributed by atoms with Crippen molar-refractivity contribution in [2.45, 2.75) is 13.5 Å². The number of halogens is 4. The quantitative estimate of drug-likeness (QED) is 0.494. The van der Waals surface area contributed by atoms with Crippen LogP contribution in [0.15, 0.2) is 24.4 Å². The van der Waals surface area contributed by atoms with E-state index in [0.29, 0.717) is 26.3 Å². The summed E-state index contributed by atoms with van der Waals surface area (Å²) < 4.78 is 43.4. The highest BCUT2D eigenvalue weighted by Crippen LogP contribution is 2.40. The Kier molecular flexibility index (Phi) is 4.27. The summed E-state index contributed by atoms with van der Waals surface area (Å²) in [5.41, 5.74) is 2.36. The molecule has 0 fully saturated rings. The Hall–Kier alpha value is -2.65. The van der Waals surface area contributed by atoms with Gasteiger partial charge in [0, 0.05) is 11.6 Å². The van der Waals surface area contributed by atoms with E-state index in [9.17, 15) is 18.3 Å². The number of rotatable bonds is 3. The SMILES string of the molecule is Cc1cc(-c2nc3c(Cl)c(F)c(O)cc3s2)c2ncc(OC(F)F)nc2c1. The van der Waals surface area contributed by atoms with Gasteiger partial charge >= 0.3 is 6.61 Å². The van der Waals surface area contributed by atoms with E-state index < -0.39 is 18.2 Å². The van der Waals surface area contributed by atoms with Crippen molar-refractivity contribution in [1.29, 1.82) is 0 Å². The Balaban J connectivity index is 1.93. The summed E-state index contributed by atoms with van der Waals surface area (Å²) in [5.74, 6) is -1.80. The Morgan fingerprint density at radius 2 is 1.96 bits per heavy atom. The van der Waals surface area contributed by atoms with Gasteiger partial charge in [0.2, 0.25) is 5.88 Å². The van der Waals surface area contributed by atoms with Crippen molar-refractivity contribution < 1.29 is 23.0 Å². The molecular formula is C17H9ClF3N3O2S. The smallest absolute Gasteiger partial charge is 0.388 e. The van der Waals surface area contributed by atoms with Gasteiger partial charge in [0.05, 0.1) is 21.9 Å². The third-order valence-corrected chi connectivity index (χ3v) is 5.14. The number of aryl methyl sites for hydroxylation is 1.